The van der Waals surface area contributed by atoms with Crippen LogP contribution < -0.4 is 16.0 Å². The number of carbonyl (C=O) groups excluding carboxylic acids is 2. The average Bonchev–Trinajstić information content (AvgIpc) is 2.60. The second-order valence-corrected chi connectivity index (χ2v) is 6.95. The molecule has 0 fully saturated rings. The Balaban J connectivity index is 1.99. The number of nitrogens with one attached hydrogen (secondary N) is 3. The molecule has 0 aliphatic carbocycles. The summed E-state index contributed by atoms with van der Waals surface area (Å²) in [5.74, 6) is 0.151. The molecule has 5 heteroatoms. The first kappa shape index (κ1) is 19.5. The predicted molar refractivity (Wildman–Crippen MR) is 106 cm³/mol. The molecular formula is C21H27N3O2. The summed E-state index contributed by atoms with van der Waals surface area (Å²) in [5, 5.41) is 8.37. The molecule has 26 heavy (non-hydrogen) atoms. The molecule has 0 radical (unpaired) electrons. The van der Waals surface area contributed by atoms with Crippen LogP contribution in [0.3, 0.4) is 0 Å². The number of hydrogen-bond donors (Lipinski definition) is 3. The molecule has 0 saturated carbocycles. The summed E-state index contributed by atoms with van der Waals surface area (Å²) in [7, 11) is 0. The summed E-state index contributed by atoms with van der Waals surface area (Å²) in [6.07, 6.45) is 0. The normalized spacial score (nSPS) is 11.9. The van der Waals surface area contributed by atoms with Crippen molar-refractivity contribution in [2.45, 2.75) is 39.7 Å². The number of para-hydroxylation sites is 1. The van der Waals surface area contributed by atoms with Crippen molar-refractivity contribution >= 4 is 23.3 Å². The Hall–Kier alpha value is -2.82. The van der Waals surface area contributed by atoms with E-state index in [0.29, 0.717) is 11.6 Å². The number of amides is 3. The monoisotopic (exact) mass is 353 g/mol. The van der Waals surface area contributed by atoms with Gasteiger partial charge in [-0.15, -0.1) is 0 Å². The fourth-order valence-corrected chi connectivity index (χ4v) is 2.54. The van der Waals surface area contributed by atoms with Gasteiger partial charge in [-0.1, -0.05) is 58.0 Å². The average molecular weight is 353 g/mol. The van der Waals surface area contributed by atoms with Crippen molar-refractivity contribution in [1.29, 1.82) is 0 Å². The minimum absolute atomic E-state index is 0.0496. The van der Waals surface area contributed by atoms with Crippen LogP contribution in [0.5, 0.6) is 0 Å². The zero-order valence-electron chi connectivity index (χ0n) is 15.7. The highest BCUT2D eigenvalue weighted by atomic mass is 16.2. The van der Waals surface area contributed by atoms with Gasteiger partial charge < -0.3 is 16.0 Å². The van der Waals surface area contributed by atoms with E-state index >= 15 is 0 Å². The summed E-state index contributed by atoms with van der Waals surface area (Å²) < 4.78 is 0. The Labute approximate surface area is 155 Å². The third kappa shape index (κ3) is 5.62. The van der Waals surface area contributed by atoms with Crippen LogP contribution in [0.25, 0.3) is 0 Å². The Kier molecular flexibility index (Phi) is 6.78. The molecule has 2 rings (SSSR count). The van der Waals surface area contributed by atoms with Gasteiger partial charge in [-0.05, 0) is 41.7 Å². The van der Waals surface area contributed by atoms with Gasteiger partial charge in [0.05, 0.1) is 0 Å². The van der Waals surface area contributed by atoms with Crippen LogP contribution in [-0.4, -0.2) is 18.0 Å². The topological polar surface area (TPSA) is 70.2 Å². The van der Waals surface area contributed by atoms with Gasteiger partial charge in [0.2, 0.25) is 5.91 Å². The van der Waals surface area contributed by atoms with Crippen LogP contribution in [0.2, 0.25) is 0 Å². The van der Waals surface area contributed by atoms with E-state index in [4.69, 9.17) is 0 Å². The van der Waals surface area contributed by atoms with Crippen molar-refractivity contribution in [3.05, 3.63) is 60.2 Å². The zero-order valence-corrected chi connectivity index (χ0v) is 15.7. The lowest BCUT2D eigenvalue weighted by Gasteiger charge is -2.22. The maximum Gasteiger partial charge on any atom is 0.319 e. The van der Waals surface area contributed by atoms with Crippen molar-refractivity contribution < 1.29 is 9.59 Å². The molecule has 0 aromatic heterocycles. The van der Waals surface area contributed by atoms with Crippen LogP contribution >= 0.6 is 0 Å². The van der Waals surface area contributed by atoms with Crippen molar-refractivity contribution in [1.82, 2.24) is 5.32 Å². The summed E-state index contributed by atoms with van der Waals surface area (Å²) in [6.45, 7) is 8.04. The fourth-order valence-electron chi connectivity index (χ4n) is 2.54. The van der Waals surface area contributed by atoms with Crippen LogP contribution in [0.4, 0.5) is 16.2 Å². The third-order valence-electron chi connectivity index (χ3n) is 4.11. The van der Waals surface area contributed by atoms with Gasteiger partial charge in [0.15, 0.2) is 0 Å². The second kappa shape index (κ2) is 9.04. The van der Waals surface area contributed by atoms with Crippen LogP contribution in [0.1, 0.15) is 39.2 Å². The second-order valence-electron chi connectivity index (χ2n) is 6.95. The van der Waals surface area contributed by atoms with Gasteiger partial charge in [-0.3, -0.25) is 4.79 Å². The maximum absolute atomic E-state index is 12.6. The van der Waals surface area contributed by atoms with E-state index in [1.54, 1.807) is 12.1 Å². The smallest absolute Gasteiger partial charge is 0.319 e. The first-order valence-corrected chi connectivity index (χ1v) is 8.90. The molecule has 3 amide bonds. The Morgan fingerprint density at radius 1 is 0.769 bits per heavy atom. The highest BCUT2D eigenvalue weighted by Crippen LogP contribution is 2.17. The van der Waals surface area contributed by atoms with Crippen LogP contribution in [-0.2, 0) is 4.79 Å². The van der Waals surface area contributed by atoms with Gasteiger partial charge in [0.25, 0.3) is 0 Å². The van der Waals surface area contributed by atoms with Crippen molar-refractivity contribution in [3.63, 3.8) is 0 Å². The van der Waals surface area contributed by atoms with E-state index in [1.807, 2.05) is 56.3 Å². The largest absolute Gasteiger partial charge is 0.326 e. The highest BCUT2D eigenvalue weighted by molar-refractivity contribution is 5.99. The molecule has 5 nitrogen and oxygen atoms in total. The Morgan fingerprint density at radius 3 is 1.88 bits per heavy atom. The molecule has 3 N–H and O–H groups in total. The van der Waals surface area contributed by atoms with Gasteiger partial charge >= 0.3 is 6.03 Å². The van der Waals surface area contributed by atoms with Gasteiger partial charge in [-0.2, -0.15) is 0 Å². The summed E-state index contributed by atoms with van der Waals surface area (Å²) in [4.78, 5) is 24.8. The van der Waals surface area contributed by atoms with E-state index in [-0.39, 0.29) is 11.8 Å². The van der Waals surface area contributed by atoms with Crippen molar-refractivity contribution in [2.75, 3.05) is 10.6 Å². The molecule has 0 aliphatic heterocycles. The molecule has 2 aromatic rings. The van der Waals surface area contributed by atoms with E-state index in [0.717, 1.165) is 5.69 Å². The SMILES string of the molecule is CC(C)c1ccc(NC(=O)C(NC(=O)Nc2ccccc2)C(C)C)cc1. The summed E-state index contributed by atoms with van der Waals surface area (Å²) in [5.41, 5.74) is 2.61. The lowest BCUT2D eigenvalue weighted by atomic mass is 10.0. The molecule has 2 aromatic carbocycles. The molecule has 0 bridgehead atoms. The van der Waals surface area contributed by atoms with Crippen LogP contribution in [0, 0.1) is 5.92 Å². The zero-order chi connectivity index (χ0) is 19.1. The molecule has 0 aliphatic rings. The predicted octanol–water partition coefficient (Wildman–Crippen LogP) is 4.59. The van der Waals surface area contributed by atoms with E-state index in [9.17, 15) is 9.59 Å². The van der Waals surface area contributed by atoms with Gasteiger partial charge in [0.1, 0.15) is 6.04 Å². The summed E-state index contributed by atoms with van der Waals surface area (Å²) in [6, 6.07) is 15.9. The standard InChI is InChI=1S/C21H27N3O2/c1-14(2)16-10-12-18(13-11-16)22-20(25)19(15(3)4)24-21(26)23-17-8-6-5-7-9-17/h5-15,19H,1-4H3,(H,22,25)(H2,23,24,26). The number of hydrogen-bond acceptors (Lipinski definition) is 2. The number of benzene rings is 2. The molecule has 0 spiro atoms. The van der Waals surface area contributed by atoms with E-state index < -0.39 is 12.1 Å². The lowest BCUT2D eigenvalue weighted by Crippen LogP contribution is -2.48. The first-order valence-electron chi connectivity index (χ1n) is 8.90. The van der Waals surface area contributed by atoms with Crippen LogP contribution in [0.15, 0.2) is 54.6 Å². The quantitative estimate of drug-likeness (QED) is 0.710. The Bertz CT molecular complexity index is 725. The maximum atomic E-state index is 12.6. The number of urea groups is 1. The lowest BCUT2D eigenvalue weighted by molar-refractivity contribution is -0.118. The molecule has 0 saturated heterocycles. The number of anilines is 2. The van der Waals surface area contributed by atoms with Crippen molar-refractivity contribution in [2.24, 2.45) is 5.92 Å². The van der Waals surface area contributed by atoms with E-state index in [1.165, 1.54) is 5.56 Å². The van der Waals surface area contributed by atoms with E-state index in [2.05, 4.69) is 29.8 Å². The third-order valence-corrected chi connectivity index (χ3v) is 4.11. The highest BCUT2D eigenvalue weighted by Gasteiger charge is 2.24. The minimum Gasteiger partial charge on any atom is -0.326 e. The molecule has 0 heterocycles. The summed E-state index contributed by atoms with van der Waals surface area (Å²) >= 11 is 0. The molecular weight excluding hydrogens is 326 g/mol. The number of rotatable bonds is 6. The molecule has 138 valence electrons. The van der Waals surface area contributed by atoms with Gasteiger partial charge in [-0.25, -0.2) is 4.79 Å². The molecule has 1 atom stereocenters. The first-order chi connectivity index (χ1) is 12.4. The Morgan fingerprint density at radius 2 is 1.35 bits per heavy atom. The minimum atomic E-state index is -0.636. The van der Waals surface area contributed by atoms with Crippen molar-refractivity contribution in [3.8, 4) is 0 Å². The fraction of sp³-hybridized carbons (Fsp3) is 0.333. The molecule has 1 unspecified atom stereocenters. The van der Waals surface area contributed by atoms with Gasteiger partial charge in [0, 0.05) is 11.4 Å². The number of carbonyl (C=O) groups is 2.